The van der Waals surface area contributed by atoms with Crippen molar-refractivity contribution in [2.24, 2.45) is 0 Å². The number of rotatable bonds is 4. The smallest absolute Gasteiger partial charge is 0.433 e. The average Bonchev–Trinajstić information content (AvgIpc) is 3.17. The van der Waals surface area contributed by atoms with E-state index in [2.05, 4.69) is 20.3 Å². The van der Waals surface area contributed by atoms with E-state index in [0.29, 0.717) is 18.9 Å². The Morgan fingerprint density at radius 1 is 1.20 bits per heavy atom. The maximum Gasteiger partial charge on any atom is 0.433 e. The van der Waals surface area contributed by atoms with Crippen LogP contribution in [0.2, 0.25) is 0 Å². The van der Waals surface area contributed by atoms with E-state index in [1.54, 1.807) is 10.6 Å². The minimum absolute atomic E-state index is 0.0468. The summed E-state index contributed by atoms with van der Waals surface area (Å²) in [5, 5.41) is 2.34. The summed E-state index contributed by atoms with van der Waals surface area (Å²) < 4.78 is 50.8. The molecule has 4 rings (SSSR count). The Labute approximate surface area is 169 Å². The van der Waals surface area contributed by atoms with Crippen LogP contribution in [-0.2, 0) is 10.9 Å². The molecule has 0 aliphatic carbocycles. The lowest BCUT2D eigenvalue weighted by atomic mass is 9.97. The quantitative estimate of drug-likeness (QED) is 0.695. The van der Waals surface area contributed by atoms with Gasteiger partial charge in [0.2, 0.25) is 5.65 Å². The average molecular weight is 421 g/mol. The van der Waals surface area contributed by atoms with Crippen molar-refractivity contribution in [2.45, 2.75) is 24.9 Å². The number of alkyl halides is 3. The van der Waals surface area contributed by atoms with Gasteiger partial charge in [0, 0.05) is 31.5 Å². The van der Waals surface area contributed by atoms with Gasteiger partial charge in [0.25, 0.3) is 11.8 Å². The second-order valence-corrected chi connectivity index (χ2v) is 6.78. The molecule has 0 spiro atoms. The lowest BCUT2D eigenvalue weighted by Crippen LogP contribution is -2.17. The predicted octanol–water partition coefficient (Wildman–Crippen LogP) is 3.30. The number of imidazole rings is 1. The van der Waals surface area contributed by atoms with Crippen LogP contribution in [0.25, 0.3) is 5.65 Å². The molecule has 0 radical (unpaired) electrons. The van der Waals surface area contributed by atoms with E-state index in [9.17, 15) is 18.0 Å². The van der Waals surface area contributed by atoms with Gasteiger partial charge in [-0.15, -0.1) is 0 Å². The highest BCUT2D eigenvalue weighted by Gasteiger charge is 2.32. The molecule has 0 atom stereocenters. The van der Waals surface area contributed by atoms with Gasteiger partial charge in [-0.05, 0) is 25.0 Å². The number of pyridine rings is 1. The molecular weight excluding hydrogens is 403 g/mol. The Kier molecular flexibility index (Phi) is 5.29. The molecule has 1 aliphatic rings. The van der Waals surface area contributed by atoms with E-state index < -0.39 is 17.8 Å². The number of anilines is 1. The van der Waals surface area contributed by atoms with Crippen LogP contribution in [0, 0.1) is 0 Å². The summed E-state index contributed by atoms with van der Waals surface area (Å²) in [6.07, 6.45) is 0.326. The van der Waals surface area contributed by atoms with Crippen molar-refractivity contribution in [3.05, 3.63) is 47.7 Å². The highest BCUT2D eigenvalue weighted by atomic mass is 19.4. The second kappa shape index (κ2) is 7.90. The Morgan fingerprint density at radius 3 is 2.67 bits per heavy atom. The minimum Gasteiger partial charge on any atom is -0.478 e. The fourth-order valence-electron chi connectivity index (χ4n) is 3.27. The van der Waals surface area contributed by atoms with Gasteiger partial charge in [0.1, 0.15) is 17.2 Å². The summed E-state index contributed by atoms with van der Waals surface area (Å²) in [5.41, 5.74) is 0.148. The van der Waals surface area contributed by atoms with Crippen LogP contribution >= 0.6 is 0 Å². The van der Waals surface area contributed by atoms with E-state index >= 15 is 0 Å². The van der Waals surface area contributed by atoms with Gasteiger partial charge in [-0.25, -0.2) is 15.0 Å². The molecule has 0 aromatic carbocycles. The maximum atomic E-state index is 12.8. The van der Waals surface area contributed by atoms with Gasteiger partial charge >= 0.3 is 6.18 Å². The summed E-state index contributed by atoms with van der Waals surface area (Å²) in [7, 11) is 1.40. The van der Waals surface area contributed by atoms with Gasteiger partial charge in [-0.2, -0.15) is 13.2 Å². The molecule has 1 fully saturated rings. The van der Waals surface area contributed by atoms with E-state index in [-0.39, 0.29) is 23.3 Å². The van der Waals surface area contributed by atoms with Crippen LogP contribution in [0.5, 0.6) is 5.88 Å². The third-order valence-corrected chi connectivity index (χ3v) is 4.77. The van der Waals surface area contributed by atoms with Gasteiger partial charge in [0.05, 0.1) is 12.8 Å². The van der Waals surface area contributed by atoms with Gasteiger partial charge in [0.15, 0.2) is 0 Å². The number of carbonyl (C=O) groups excluding carboxylic acids is 1. The molecule has 0 unspecified atom stereocenters. The molecule has 30 heavy (non-hydrogen) atoms. The Bertz CT molecular complexity index is 1080. The molecule has 8 nitrogen and oxygen atoms in total. The third-order valence-electron chi connectivity index (χ3n) is 4.77. The standard InChI is InChI=1S/C19H18F3N5O3/c1-29-18-16-23-12(11-5-7-30-8-6-11)9-27(16)10-13(24-18)17(28)26-15-4-2-3-14(25-15)19(20,21)22/h2-4,9-11H,5-8H2,1H3,(H,25,26,28). The number of hydrogen-bond acceptors (Lipinski definition) is 6. The molecular formula is C19H18F3N5O3. The molecule has 0 bridgehead atoms. The highest BCUT2D eigenvalue weighted by Crippen LogP contribution is 2.29. The van der Waals surface area contributed by atoms with E-state index in [1.165, 1.54) is 25.4 Å². The van der Waals surface area contributed by atoms with Gasteiger partial charge < -0.3 is 14.8 Å². The number of ether oxygens (including phenoxy) is 2. The van der Waals surface area contributed by atoms with Crippen molar-refractivity contribution in [1.82, 2.24) is 19.4 Å². The van der Waals surface area contributed by atoms with Gasteiger partial charge in [-0.3, -0.25) is 9.20 Å². The summed E-state index contributed by atoms with van der Waals surface area (Å²) in [6, 6.07) is 3.26. The highest BCUT2D eigenvalue weighted by molar-refractivity contribution is 6.02. The first-order valence-corrected chi connectivity index (χ1v) is 9.22. The fraction of sp³-hybridized carbons (Fsp3) is 0.368. The number of nitrogens with zero attached hydrogens (tertiary/aromatic N) is 4. The lowest BCUT2D eigenvalue weighted by Gasteiger charge is -2.19. The van der Waals surface area contributed by atoms with Crippen LogP contribution in [0.3, 0.4) is 0 Å². The zero-order valence-corrected chi connectivity index (χ0v) is 15.9. The number of hydrogen-bond donors (Lipinski definition) is 1. The molecule has 11 heteroatoms. The summed E-state index contributed by atoms with van der Waals surface area (Å²) in [6.45, 7) is 1.32. The number of carbonyl (C=O) groups is 1. The maximum absolute atomic E-state index is 12.8. The molecule has 158 valence electrons. The van der Waals surface area contributed by atoms with E-state index in [1.807, 2.05) is 0 Å². The number of nitrogens with one attached hydrogen (secondary N) is 1. The largest absolute Gasteiger partial charge is 0.478 e. The molecule has 0 saturated carbocycles. The monoisotopic (exact) mass is 421 g/mol. The minimum atomic E-state index is -4.61. The lowest BCUT2D eigenvalue weighted by molar-refractivity contribution is -0.141. The van der Waals surface area contributed by atoms with Crippen LogP contribution in [0.4, 0.5) is 19.0 Å². The van der Waals surface area contributed by atoms with Crippen molar-refractivity contribution < 1.29 is 27.4 Å². The fourth-order valence-corrected chi connectivity index (χ4v) is 3.27. The van der Waals surface area contributed by atoms with Crippen molar-refractivity contribution >= 4 is 17.4 Å². The van der Waals surface area contributed by atoms with Crippen LogP contribution in [0.1, 0.15) is 40.6 Å². The Hall–Kier alpha value is -3.21. The first-order chi connectivity index (χ1) is 14.3. The summed E-state index contributed by atoms with van der Waals surface area (Å²) in [5.74, 6) is -0.583. The first-order valence-electron chi connectivity index (χ1n) is 9.22. The first kappa shape index (κ1) is 20.1. The number of aromatic nitrogens is 4. The van der Waals surface area contributed by atoms with Gasteiger partial charge in [-0.1, -0.05) is 6.07 Å². The van der Waals surface area contributed by atoms with E-state index in [4.69, 9.17) is 9.47 Å². The number of halogens is 3. The zero-order valence-electron chi connectivity index (χ0n) is 15.9. The topological polar surface area (TPSA) is 90.6 Å². The van der Waals surface area contributed by atoms with Crippen molar-refractivity contribution in [2.75, 3.05) is 25.6 Å². The molecule has 1 N–H and O–H groups in total. The third kappa shape index (κ3) is 4.06. The van der Waals surface area contributed by atoms with E-state index in [0.717, 1.165) is 24.6 Å². The zero-order chi connectivity index (χ0) is 21.3. The predicted molar refractivity (Wildman–Crippen MR) is 99.5 cm³/mol. The molecule has 1 amide bonds. The van der Waals surface area contributed by atoms with Crippen LogP contribution in [-0.4, -0.2) is 45.6 Å². The second-order valence-electron chi connectivity index (χ2n) is 6.78. The molecule has 4 heterocycles. The number of fused-ring (bicyclic) bond motifs is 1. The number of methoxy groups -OCH3 is 1. The summed E-state index contributed by atoms with van der Waals surface area (Å²) >= 11 is 0. The molecule has 3 aromatic heterocycles. The Morgan fingerprint density at radius 2 is 1.97 bits per heavy atom. The summed E-state index contributed by atoms with van der Waals surface area (Å²) in [4.78, 5) is 24.8. The normalized spacial score (nSPS) is 15.3. The number of amides is 1. The SMILES string of the molecule is COc1nc(C(=O)Nc2cccc(C(F)(F)F)n2)cn2cc(C3CCOCC3)nc12. The van der Waals surface area contributed by atoms with Crippen molar-refractivity contribution in [3.8, 4) is 5.88 Å². The van der Waals surface area contributed by atoms with Crippen LogP contribution < -0.4 is 10.1 Å². The molecule has 1 saturated heterocycles. The Balaban J connectivity index is 1.62. The molecule has 3 aromatic rings. The molecule has 1 aliphatic heterocycles. The van der Waals surface area contributed by atoms with Crippen molar-refractivity contribution in [3.63, 3.8) is 0 Å². The van der Waals surface area contributed by atoms with Crippen LogP contribution in [0.15, 0.2) is 30.6 Å². The van der Waals surface area contributed by atoms with Crippen molar-refractivity contribution in [1.29, 1.82) is 0 Å².